The molecule has 3 aromatic rings. The van der Waals surface area contributed by atoms with Crippen molar-refractivity contribution in [2.24, 2.45) is 4.99 Å². The number of hydrogen-bond donors (Lipinski definition) is 2. The maximum Gasteiger partial charge on any atom is 0.192 e. The van der Waals surface area contributed by atoms with Crippen LogP contribution >= 0.6 is 0 Å². The predicted molar refractivity (Wildman–Crippen MR) is 102 cm³/mol. The third kappa shape index (κ3) is 4.01. The Balaban J connectivity index is 1.59. The molecule has 0 saturated carbocycles. The van der Waals surface area contributed by atoms with Gasteiger partial charge < -0.3 is 10.6 Å². The second-order valence-electron chi connectivity index (χ2n) is 6.63. The topological polar surface area (TPSA) is 36.4 Å². The summed E-state index contributed by atoms with van der Waals surface area (Å²) in [7, 11) is 0. The van der Waals surface area contributed by atoms with E-state index in [4.69, 9.17) is 0 Å². The van der Waals surface area contributed by atoms with Crippen LogP contribution in [0, 0.1) is 17.5 Å². The molecule has 2 atom stereocenters. The maximum absolute atomic E-state index is 13.7. The molecule has 0 fully saturated rings. The third-order valence-corrected chi connectivity index (χ3v) is 4.65. The van der Waals surface area contributed by atoms with E-state index in [1.165, 1.54) is 36.4 Å². The lowest BCUT2D eigenvalue weighted by Crippen LogP contribution is -2.35. The molecule has 0 amide bonds. The van der Waals surface area contributed by atoms with Gasteiger partial charge in [-0.1, -0.05) is 36.4 Å². The summed E-state index contributed by atoms with van der Waals surface area (Å²) in [5, 5.41) is 6.43. The molecule has 142 valence electrons. The monoisotopic (exact) mass is 381 g/mol. The van der Waals surface area contributed by atoms with E-state index in [1.54, 1.807) is 30.3 Å². The fraction of sp³-hybridized carbons (Fsp3) is 0.136. The van der Waals surface area contributed by atoms with Gasteiger partial charge in [-0.2, -0.15) is 0 Å². The van der Waals surface area contributed by atoms with Gasteiger partial charge in [0.1, 0.15) is 23.5 Å². The zero-order valence-corrected chi connectivity index (χ0v) is 14.9. The van der Waals surface area contributed by atoms with Gasteiger partial charge >= 0.3 is 0 Å². The lowest BCUT2D eigenvalue weighted by molar-refractivity contribution is 0.554. The highest BCUT2D eigenvalue weighted by Gasteiger charge is 2.31. The van der Waals surface area contributed by atoms with Crippen LogP contribution in [0.15, 0.2) is 77.8 Å². The van der Waals surface area contributed by atoms with E-state index >= 15 is 0 Å². The number of benzene rings is 3. The molecule has 3 nitrogen and oxygen atoms in total. The molecule has 0 spiro atoms. The number of guanidine groups is 1. The smallest absolute Gasteiger partial charge is 0.192 e. The van der Waals surface area contributed by atoms with Gasteiger partial charge in [0, 0.05) is 6.54 Å². The molecule has 2 N–H and O–H groups in total. The Hall–Kier alpha value is -3.28. The van der Waals surface area contributed by atoms with Crippen LogP contribution in [-0.2, 0) is 6.54 Å². The molecule has 1 heterocycles. The Kier molecular flexibility index (Phi) is 5.02. The van der Waals surface area contributed by atoms with E-state index in [0.717, 1.165) is 11.1 Å². The van der Waals surface area contributed by atoms with Crippen molar-refractivity contribution < 1.29 is 13.2 Å². The third-order valence-electron chi connectivity index (χ3n) is 4.65. The lowest BCUT2D eigenvalue weighted by Gasteiger charge is -2.19. The van der Waals surface area contributed by atoms with Crippen LogP contribution in [0.3, 0.4) is 0 Å². The molecule has 6 heteroatoms. The largest absolute Gasteiger partial charge is 0.352 e. The van der Waals surface area contributed by atoms with Crippen LogP contribution in [0.4, 0.5) is 13.2 Å². The summed E-state index contributed by atoms with van der Waals surface area (Å²) in [6, 6.07) is 17.9. The number of rotatable bonds is 4. The minimum absolute atomic E-state index is 0.294. The highest BCUT2D eigenvalue weighted by Crippen LogP contribution is 2.36. The van der Waals surface area contributed by atoms with Crippen LogP contribution in [0.1, 0.15) is 28.8 Å². The van der Waals surface area contributed by atoms with Gasteiger partial charge in [-0.25, -0.2) is 18.2 Å². The van der Waals surface area contributed by atoms with Crippen molar-refractivity contribution in [3.63, 3.8) is 0 Å². The van der Waals surface area contributed by atoms with Gasteiger partial charge in [-0.05, 0) is 53.1 Å². The minimum atomic E-state index is -0.409. The van der Waals surface area contributed by atoms with Gasteiger partial charge in [0.25, 0.3) is 0 Å². The predicted octanol–water partition coefficient (Wildman–Crippen LogP) is 4.64. The molecule has 0 radical (unpaired) electrons. The molecule has 28 heavy (non-hydrogen) atoms. The van der Waals surface area contributed by atoms with Gasteiger partial charge in [0.05, 0.1) is 6.04 Å². The fourth-order valence-electron chi connectivity index (χ4n) is 3.29. The summed E-state index contributed by atoms with van der Waals surface area (Å²) < 4.78 is 40.5. The molecule has 0 bridgehead atoms. The number of hydrogen-bond acceptors (Lipinski definition) is 3. The molecule has 0 aromatic heterocycles. The quantitative estimate of drug-likeness (QED) is 0.691. The van der Waals surface area contributed by atoms with Crippen molar-refractivity contribution in [3.8, 4) is 0 Å². The first-order chi connectivity index (χ1) is 13.6. The maximum atomic E-state index is 13.7. The van der Waals surface area contributed by atoms with Gasteiger partial charge in [0.15, 0.2) is 5.96 Å². The first-order valence-electron chi connectivity index (χ1n) is 8.92. The highest BCUT2D eigenvalue weighted by atomic mass is 19.1. The number of halogens is 3. The minimum Gasteiger partial charge on any atom is -0.352 e. The average Bonchev–Trinajstić information content (AvgIpc) is 3.12. The summed E-state index contributed by atoms with van der Waals surface area (Å²) in [5.74, 6) is -0.464. The number of aliphatic imine (C=N–C) groups is 1. The van der Waals surface area contributed by atoms with Crippen molar-refractivity contribution in [1.29, 1.82) is 0 Å². The highest BCUT2D eigenvalue weighted by molar-refractivity contribution is 5.82. The van der Waals surface area contributed by atoms with Crippen molar-refractivity contribution in [3.05, 3.63) is 107 Å². The van der Waals surface area contributed by atoms with E-state index in [0.29, 0.717) is 18.1 Å². The van der Waals surface area contributed by atoms with Crippen molar-refractivity contribution in [2.45, 2.75) is 18.6 Å². The molecular weight excluding hydrogens is 363 g/mol. The standard InChI is InChI=1S/C22H18F3N3/c23-17-9-7-14(8-10-17)13-26-22-27-20(15-3-1-5-18(24)11-15)21(28-22)16-4-2-6-19(25)12-16/h1-12,20-21H,13H2,(H2,26,27,28)/t20-,21+. The molecular formula is C22H18F3N3. The van der Waals surface area contributed by atoms with Crippen LogP contribution in [0.2, 0.25) is 0 Å². The van der Waals surface area contributed by atoms with E-state index in [1.807, 2.05) is 6.07 Å². The van der Waals surface area contributed by atoms with Gasteiger partial charge in [0.2, 0.25) is 0 Å². The zero-order chi connectivity index (χ0) is 19.5. The summed E-state index contributed by atoms with van der Waals surface area (Å²) in [6.07, 6.45) is 0. The SMILES string of the molecule is Fc1ccc(CNC2=N[C@@H](c3cccc(F)c3)[C@@H](c3cccc(F)c3)N2)cc1. The lowest BCUT2D eigenvalue weighted by atomic mass is 9.95. The molecule has 4 rings (SSSR count). The molecule has 0 saturated heterocycles. The molecule has 1 aliphatic rings. The van der Waals surface area contributed by atoms with Crippen LogP contribution in [0.25, 0.3) is 0 Å². The first-order valence-corrected chi connectivity index (χ1v) is 8.92. The molecule has 0 aliphatic carbocycles. The van der Waals surface area contributed by atoms with E-state index in [9.17, 15) is 13.2 Å². The summed E-state index contributed by atoms with van der Waals surface area (Å²) in [6.45, 7) is 0.442. The van der Waals surface area contributed by atoms with Crippen LogP contribution < -0.4 is 10.6 Å². The van der Waals surface area contributed by atoms with Crippen molar-refractivity contribution >= 4 is 5.96 Å². The van der Waals surface area contributed by atoms with Gasteiger partial charge in [-0.15, -0.1) is 0 Å². The normalized spacial score (nSPS) is 18.5. The van der Waals surface area contributed by atoms with Crippen LogP contribution in [-0.4, -0.2) is 5.96 Å². The second kappa shape index (κ2) is 7.76. The Bertz CT molecular complexity index is 1000. The second-order valence-corrected chi connectivity index (χ2v) is 6.63. The Morgan fingerprint density at radius 3 is 2.11 bits per heavy atom. The summed E-state index contributed by atoms with van der Waals surface area (Å²) in [5.41, 5.74) is 2.30. The van der Waals surface area contributed by atoms with Crippen molar-refractivity contribution in [1.82, 2.24) is 10.6 Å². The van der Waals surface area contributed by atoms with E-state index < -0.39 is 6.04 Å². The Morgan fingerprint density at radius 2 is 1.43 bits per heavy atom. The molecule has 0 unspecified atom stereocenters. The average molecular weight is 381 g/mol. The Morgan fingerprint density at radius 1 is 0.786 bits per heavy atom. The molecule has 3 aromatic carbocycles. The number of nitrogens with one attached hydrogen (secondary N) is 2. The van der Waals surface area contributed by atoms with E-state index in [2.05, 4.69) is 15.6 Å². The van der Waals surface area contributed by atoms with Crippen LogP contribution in [0.5, 0.6) is 0 Å². The van der Waals surface area contributed by atoms with E-state index in [-0.39, 0.29) is 23.5 Å². The fourth-order valence-corrected chi connectivity index (χ4v) is 3.29. The summed E-state index contributed by atoms with van der Waals surface area (Å²) in [4.78, 5) is 4.65. The number of nitrogens with zero attached hydrogens (tertiary/aromatic N) is 1. The molecule has 1 aliphatic heterocycles. The van der Waals surface area contributed by atoms with Gasteiger partial charge in [-0.3, -0.25) is 0 Å². The Labute approximate surface area is 160 Å². The van der Waals surface area contributed by atoms with Crippen molar-refractivity contribution in [2.75, 3.05) is 0 Å². The first kappa shape index (κ1) is 18.1. The summed E-state index contributed by atoms with van der Waals surface area (Å²) >= 11 is 0. The zero-order valence-electron chi connectivity index (χ0n) is 14.9.